The lowest BCUT2D eigenvalue weighted by Crippen LogP contribution is -2.49. The zero-order chi connectivity index (χ0) is 20.5. The highest BCUT2D eigenvalue weighted by atomic mass is 35.5. The van der Waals surface area contributed by atoms with Crippen LogP contribution < -0.4 is 10.5 Å². The van der Waals surface area contributed by atoms with E-state index in [-0.39, 0.29) is 18.0 Å². The summed E-state index contributed by atoms with van der Waals surface area (Å²) in [6.45, 7) is 3.75. The maximum atomic E-state index is 12.4. The van der Waals surface area contributed by atoms with Crippen molar-refractivity contribution in [3.8, 4) is 6.07 Å². The van der Waals surface area contributed by atoms with Crippen molar-refractivity contribution >= 4 is 34.7 Å². The largest absolute Gasteiger partial charge is 0.354 e. The number of fused-ring (bicyclic) bond motifs is 1. The van der Waals surface area contributed by atoms with Crippen molar-refractivity contribution in [3.05, 3.63) is 70.4 Å². The molecule has 0 bridgehead atoms. The number of halogens is 1. The summed E-state index contributed by atoms with van der Waals surface area (Å²) >= 11 is 0. The van der Waals surface area contributed by atoms with Crippen LogP contribution in [-0.4, -0.2) is 52.1 Å². The molecule has 1 aliphatic carbocycles. The third kappa shape index (κ3) is 4.18. The molecule has 0 aromatic carbocycles. The molecule has 0 amide bonds. The van der Waals surface area contributed by atoms with Crippen molar-refractivity contribution in [1.29, 1.82) is 5.26 Å². The van der Waals surface area contributed by atoms with E-state index in [0.717, 1.165) is 56.0 Å². The van der Waals surface area contributed by atoms with Gasteiger partial charge >= 0.3 is 0 Å². The van der Waals surface area contributed by atoms with E-state index in [1.807, 2.05) is 18.2 Å². The molecular weight excluding hydrogens is 412 g/mol. The molecule has 1 N–H and O–H groups in total. The number of allylic oxidation sites excluding steroid dienone is 1. The molecule has 3 aromatic rings. The highest BCUT2D eigenvalue weighted by molar-refractivity contribution is 5.85. The summed E-state index contributed by atoms with van der Waals surface area (Å²) in [6, 6.07) is 11.8. The van der Waals surface area contributed by atoms with Crippen LogP contribution in [0.2, 0.25) is 0 Å². The number of aromatic nitrogens is 3. The number of H-pyrrole nitrogens is 1. The van der Waals surface area contributed by atoms with Crippen LogP contribution in [0.1, 0.15) is 24.1 Å². The molecule has 0 radical (unpaired) electrons. The first-order valence-electron chi connectivity index (χ1n) is 10.3. The van der Waals surface area contributed by atoms with Gasteiger partial charge < -0.3 is 9.88 Å². The van der Waals surface area contributed by atoms with Crippen LogP contribution in [0.3, 0.4) is 0 Å². The minimum atomic E-state index is -0.0801. The van der Waals surface area contributed by atoms with E-state index in [1.165, 1.54) is 5.57 Å². The summed E-state index contributed by atoms with van der Waals surface area (Å²) in [5.74, 6) is 0.928. The molecule has 0 saturated carbocycles. The molecule has 7 nitrogen and oxygen atoms in total. The second-order valence-electron chi connectivity index (χ2n) is 7.79. The van der Waals surface area contributed by atoms with Crippen LogP contribution in [0, 0.1) is 11.3 Å². The van der Waals surface area contributed by atoms with Crippen LogP contribution >= 0.6 is 12.4 Å². The number of hydrogen-bond acceptors (Lipinski definition) is 6. The molecule has 2 aliphatic rings. The molecule has 3 aromatic heterocycles. The third-order valence-electron chi connectivity index (χ3n) is 6.05. The molecule has 4 heterocycles. The quantitative estimate of drug-likeness (QED) is 0.681. The number of piperazine rings is 1. The molecule has 31 heavy (non-hydrogen) atoms. The molecular formula is C23H23ClN6O. The summed E-state index contributed by atoms with van der Waals surface area (Å²) in [5.41, 5.74) is 3.32. The van der Waals surface area contributed by atoms with Gasteiger partial charge in [0.2, 0.25) is 0 Å². The Hall–Kier alpha value is -3.21. The Morgan fingerprint density at radius 2 is 1.97 bits per heavy atom. The Labute approximate surface area is 186 Å². The number of rotatable bonds is 3. The van der Waals surface area contributed by atoms with Crippen LogP contribution in [0.5, 0.6) is 0 Å². The smallest absolute Gasteiger partial charge is 0.257 e. The van der Waals surface area contributed by atoms with Crippen molar-refractivity contribution in [2.75, 3.05) is 31.1 Å². The van der Waals surface area contributed by atoms with Gasteiger partial charge in [-0.1, -0.05) is 6.08 Å². The highest BCUT2D eigenvalue weighted by Gasteiger charge is 2.27. The van der Waals surface area contributed by atoms with Gasteiger partial charge in [0.1, 0.15) is 11.9 Å². The van der Waals surface area contributed by atoms with E-state index in [2.05, 4.69) is 36.9 Å². The Kier molecular flexibility index (Phi) is 6.03. The maximum absolute atomic E-state index is 12.4. The summed E-state index contributed by atoms with van der Waals surface area (Å²) in [5, 5.41) is 9.56. The van der Waals surface area contributed by atoms with Crippen LogP contribution in [0.25, 0.3) is 16.5 Å². The monoisotopic (exact) mass is 434 g/mol. The van der Waals surface area contributed by atoms with Crippen molar-refractivity contribution < 1.29 is 0 Å². The Balaban J connectivity index is 0.00000231. The topological polar surface area (TPSA) is 88.9 Å². The predicted octanol–water partition coefficient (Wildman–Crippen LogP) is 2.98. The second-order valence-corrected chi connectivity index (χ2v) is 7.79. The second kappa shape index (κ2) is 8.88. The number of hydrogen-bond donors (Lipinski definition) is 1. The van der Waals surface area contributed by atoms with Gasteiger partial charge in [-0.25, -0.2) is 4.98 Å². The number of aromatic amines is 1. The first-order valence-corrected chi connectivity index (χ1v) is 10.3. The SMILES string of the molecule is Cl.N#Cc1ccc(N2CCN([C@H]3C=C(c4cc5ncccc5c(=O)[nH]4)CC3)CC2)nc1. The fourth-order valence-corrected chi connectivity index (χ4v) is 4.40. The van der Waals surface area contributed by atoms with Crippen molar-refractivity contribution in [3.63, 3.8) is 0 Å². The standard InChI is InChI=1S/C23H22N6O.ClH/c24-14-16-3-6-22(26-15-16)29-10-8-28(9-11-29)18-5-4-17(12-18)20-13-21-19(23(30)27-20)2-1-7-25-21;/h1-3,6-7,12-13,15,18H,4-5,8-11H2,(H,27,30);1H/t18-;/m1./s1. The lowest BCUT2D eigenvalue weighted by molar-refractivity contribution is 0.214. The van der Waals surface area contributed by atoms with Gasteiger partial charge in [0.05, 0.1) is 16.5 Å². The zero-order valence-electron chi connectivity index (χ0n) is 17.0. The van der Waals surface area contributed by atoms with Gasteiger partial charge in [0.15, 0.2) is 0 Å². The minimum absolute atomic E-state index is 0. The lowest BCUT2D eigenvalue weighted by atomic mass is 10.1. The fraction of sp³-hybridized carbons (Fsp3) is 0.304. The minimum Gasteiger partial charge on any atom is -0.354 e. The molecule has 0 spiro atoms. The molecule has 0 unspecified atom stereocenters. The van der Waals surface area contributed by atoms with E-state index in [9.17, 15) is 4.79 Å². The number of nitriles is 1. The third-order valence-corrected chi connectivity index (χ3v) is 6.05. The van der Waals surface area contributed by atoms with E-state index >= 15 is 0 Å². The number of nitrogens with zero attached hydrogens (tertiary/aromatic N) is 5. The molecule has 1 aliphatic heterocycles. The highest BCUT2D eigenvalue weighted by Crippen LogP contribution is 2.30. The average Bonchev–Trinajstić information content (AvgIpc) is 3.30. The predicted molar refractivity (Wildman–Crippen MR) is 123 cm³/mol. The zero-order valence-corrected chi connectivity index (χ0v) is 17.8. The first-order chi connectivity index (χ1) is 14.7. The van der Waals surface area contributed by atoms with Crippen LogP contribution in [0.4, 0.5) is 5.82 Å². The van der Waals surface area contributed by atoms with E-state index in [0.29, 0.717) is 17.0 Å². The Morgan fingerprint density at radius 3 is 2.71 bits per heavy atom. The van der Waals surface area contributed by atoms with Gasteiger partial charge in [-0.15, -0.1) is 12.4 Å². The summed E-state index contributed by atoms with van der Waals surface area (Å²) < 4.78 is 0. The van der Waals surface area contributed by atoms with Gasteiger partial charge in [-0.3, -0.25) is 14.7 Å². The Bertz CT molecular complexity index is 1210. The number of nitrogens with one attached hydrogen (secondary N) is 1. The average molecular weight is 435 g/mol. The molecule has 1 fully saturated rings. The van der Waals surface area contributed by atoms with Gasteiger partial charge in [-0.05, 0) is 48.7 Å². The molecule has 1 atom stereocenters. The summed E-state index contributed by atoms with van der Waals surface area (Å²) in [7, 11) is 0. The molecule has 1 saturated heterocycles. The van der Waals surface area contributed by atoms with Crippen LogP contribution in [0.15, 0.2) is 53.6 Å². The first kappa shape index (κ1) is 21.0. The molecule has 8 heteroatoms. The number of anilines is 1. The van der Waals surface area contributed by atoms with Crippen molar-refractivity contribution in [2.45, 2.75) is 18.9 Å². The van der Waals surface area contributed by atoms with E-state index in [1.54, 1.807) is 24.5 Å². The maximum Gasteiger partial charge on any atom is 0.257 e. The normalized spacial score (nSPS) is 19.0. The number of pyridine rings is 3. The van der Waals surface area contributed by atoms with Crippen LogP contribution in [-0.2, 0) is 0 Å². The van der Waals surface area contributed by atoms with Crippen molar-refractivity contribution in [1.82, 2.24) is 19.9 Å². The van der Waals surface area contributed by atoms with Gasteiger partial charge in [-0.2, -0.15) is 5.26 Å². The van der Waals surface area contributed by atoms with Crippen molar-refractivity contribution in [2.24, 2.45) is 0 Å². The fourth-order valence-electron chi connectivity index (χ4n) is 4.40. The Morgan fingerprint density at radius 1 is 1.13 bits per heavy atom. The van der Waals surface area contributed by atoms with Gasteiger partial charge in [0.25, 0.3) is 5.56 Å². The lowest BCUT2D eigenvalue weighted by Gasteiger charge is -2.38. The summed E-state index contributed by atoms with van der Waals surface area (Å²) in [6.07, 6.45) is 7.67. The van der Waals surface area contributed by atoms with E-state index in [4.69, 9.17) is 5.26 Å². The summed E-state index contributed by atoms with van der Waals surface area (Å²) in [4.78, 5) is 29.0. The van der Waals surface area contributed by atoms with E-state index < -0.39 is 0 Å². The van der Waals surface area contributed by atoms with Gasteiger partial charge in [0, 0.05) is 50.3 Å². The molecule has 158 valence electrons. The molecule has 5 rings (SSSR count).